The fraction of sp³-hybridized carbons (Fsp3) is 0.895. The van der Waals surface area contributed by atoms with E-state index in [1.165, 1.54) is 19.4 Å². The minimum Gasteiger partial charge on any atom is -0.357 e. The lowest BCUT2D eigenvalue weighted by Gasteiger charge is -2.31. The van der Waals surface area contributed by atoms with E-state index in [0.29, 0.717) is 12.5 Å². The largest absolute Gasteiger partial charge is 0.357 e. The molecular formula is C19H38IN5O. The number of carbonyl (C=O) groups is 1. The summed E-state index contributed by atoms with van der Waals surface area (Å²) in [4.78, 5) is 21.6. The van der Waals surface area contributed by atoms with E-state index in [1.54, 1.807) is 4.90 Å². The van der Waals surface area contributed by atoms with Gasteiger partial charge in [-0.1, -0.05) is 12.8 Å². The summed E-state index contributed by atoms with van der Waals surface area (Å²) in [5, 5.41) is 6.85. The van der Waals surface area contributed by atoms with E-state index in [2.05, 4.69) is 29.5 Å². The van der Waals surface area contributed by atoms with Crippen molar-refractivity contribution >= 4 is 35.8 Å². The summed E-state index contributed by atoms with van der Waals surface area (Å²) in [5.74, 6) is 1.76. The van der Waals surface area contributed by atoms with Crippen LogP contribution in [-0.2, 0) is 4.79 Å². The minimum atomic E-state index is -0.295. The molecule has 1 amide bonds. The summed E-state index contributed by atoms with van der Waals surface area (Å²) in [6, 6.07) is 0. The number of guanidine groups is 1. The third kappa shape index (κ3) is 6.55. The Kier molecular flexibility index (Phi) is 10.2. The molecule has 0 aromatic heterocycles. The Morgan fingerprint density at radius 3 is 2.50 bits per heavy atom. The zero-order valence-corrected chi connectivity index (χ0v) is 19.3. The molecule has 1 aliphatic carbocycles. The van der Waals surface area contributed by atoms with Crippen molar-refractivity contribution in [1.29, 1.82) is 0 Å². The van der Waals surface area contributed by atoms with Crippen molar-refractivity contribution in [3.63, 3.8) is 0 Å². The molecule has 1 heterocycles. The Morgan fingerprint density at radius 2 is 1.92 bits per heavy atom. The number of likely N-dealkylation sites (tertiary alicyclic amines) is 1. The van der Waals surface area contributed by atoms with Gasteiger partial charge in [0.05, 0.1) is 12.0 Å². The molecule has 2 rings (SSSR count). The maximum Gasteiger partial charge on any atom is 0.230 e. The molecule has 1 aliphatic heterocycles. The maximum atomic E-state index is 12.7. The van der Waals surface area contributed by atoms with Crippen LogP contribution in [0.4, 0.5) is 0 Å². The van der Waals surface area contributed by atoms with Gasteiger partial charge in [0.1, 0.15) is 0 Å². The molecule has 0 aromatic rings. The van der Waals surface area contributed by atoms with E-state index in [0.717, 1.165) is 51.3 Å². The first kappa shape index (κ1) is 23.5. The molecule has 152 valence electrons. The third-order valence-electron chi connectivity index (χ3n) is 5.58. The zero-order chi connectivity index (χ0) is 18.3. The number of halogens is 1. The molecule has 1 atom stereocenters. The zero-order valence-electron chi connectivity index (χ0n) is 17.0. The fourth-order valence-corrected chi connectivity index (χ4v) is 4.22. The SMILES string of the molecule is CCNC(=NCC1(C(=O)N(C)C)CCCC1)NCC1CCCN(C)C1.I. The van der Waals surface area contributed by atoms with Gasteiger partial charge in [-0.25, -0.2) is 0 Å². The lowest BCUT2D eigenvalue weighted by Crippen LogP contribution is -2.45. The molecule has 7 heteroatoms. The van der Waals surface area contributed by atoms with E-state index in [4.69, 9.17) is 4.99 Å². The predicted octanol–water partition coefficient (Wildman–Crippen LogP) is 2.15. The van der Waals surface area contributed by atoms with Crippen LogP contribution in [0.5, 0.6) is 0 Å². The highest BCUT2D eigenvalue weighted by atomic mass is 127. The van der Waals surface area contributed by atoms with Gasteiger partial charge >= 0.3 is 0 Å². The van der Waals surface area contributed by atoms with Gasteiger partial charge in [-0.05, 0) is 52.1 Å². The van der Waals surface area contributed by atoms with E-state index in [-0.39, 0.29) is 35.3 Å². The second-order valence-corrected chi connectivity index (χ2v) is 8.03. The molecule has 1 unspecified atom stereocenters. The van der Waals surface area contributed by atoms with Crippen LogP contribution in [0, 0.1) is 11.3 Å². The second-order valence-electron chi connectivity index (χ2n) is 8.03. The number of aliphatic imine (C=N–C) groups is 1. The van der Waals surface area contributed by atoms with Gasteiger partial charge in [-0.2, -0.15) is 0 Å². The monoisotopic (exact) mass is 479 g/mol. The molecule has 26 heavy (non-hydrogen) atoms. The van der Waals surface area contributed by atoms with Crippen LogP contribution >= 0.6 is 24.0 Å². The lowest BCUT2D eigenvalue weighted by atomic mass is 9.85. The summed E-state index contributed by atoms with van der Waals surface area (Å²) < 4.78 is 0. The van der Waals surface area contributed by atoms with Crippen molar-refractivity contribution in [2.75, 3.05) is 53.9 Å². The molecular weight excluding hydrogens is 441 g/mol. The summed E-state index contributed by atoms with van der Waals surface area (Å²) >= 11 is 0. The number of nitrogens with zero attached hydrogens (tertiary/aromatic N) is 3. The number of hydrogen-bond acceptors (Lipinski definition) is 3. The first-order valence-electron chi connectivity index (χ1n) is 9.89. The lowest BCUT2D eigenvalue weighted by molar-refractivity contribution is -0.138. The van der Waals surface area contributed by atoms with Crippen LogP contribution in [0.2, 0.25) is 0 Å². The topological polar surface area (TPSA) is 60.0 Å². The van der Waals surface area contributed by atoms with Gasteiger partial charge in [0.25, 0.3) is 0 Å². The van der Waals surface area contributed by atoms with E-state index in [9.17, 15) is 4.79 Å². The normalized spacial score (nSPS) is 23.2. The van der Waals surface area contributed by atoms with Crippen molar-refractivity contribution < 1.29 is 4.79 Å². The van der Waals surface area contributed by atoms with Crippen molar-refractivity contribution in [2.24, 2.45) is 16.3 Å². The summed E-state index contributed by atoms with van der Waals surface area (Å²) in [5.41, 5.74) is -0.295. The van der Waals surface area contributed by atoms with Crippen molar-refractivity contribution in [2.45, 2.75) is 45.4 Å². The van der Waals surface area contributed by atoms with Crippen molar-refractivity contribution in [1.82, 2.24) is 20.4 Å². The summed E-state index contributed by atoms with van der Waals surface area (Å²) in [6.07, 6.45) is 6.73. The Balaban J connectivity index is 0.00000338. The smallest absolute Gasteiger partial charge is 0.230 e. The first-order chi connectivity index (χ1) is 12.0. The molecule has 1 saturated heterocycles. The Labute approximate surface area is 176 Å². The highest BCUT2D eigenvalue weighted by Gasteiger charge is 2.42. The Bertz CT molecular complexity index is 463. The average Bonchev–Trinajstić information content (AvgIpc) is 3.06. The Morgan fingerprint density at radius 1 is 1.23 bits per heavy atom. The molecule has 2 aliphatic rings. The number of rotatable bonds is 6. The number of amides is 1. The molecule has 0 spiro atoms. The van der Waals surface area contributed by atoms with Crippen LogP contribution in [0.1, 0.15) is 45.4 Å². The van der Waals surface area contributed by atoms with Crippen LogP contribution < -0.4 is 10.6 Å². The van der Waals surface area contributed by atoms with Gasteiger partial charge in [0.15, 0.2) is 5.96 Å². The third-order valence-corrected chi connectivity index (χ3v) is 5.58. The summed E-state index contributed by atoms with van der Waals surface area (Å²) in [7, 11) is 5.91. The quantitative estimate of drug-likeness (QED) is 0.348. The van der Waals surface area contributed by atoms with Crippen LogP contribution in [0.25, 0.3) is 0 Å². The molecule has 2 fully saturated rings. The standard InChI is InChI=1S/C19H37N5O.HI/c1-5-20-18(21-13-16-9-8-12-24(4)14-16)22-15-19(10-6-7-11-19)17(25)23(2)3;/h16H,5-15H2,1-4H3,(H2,20,21,22);1H. The number of hydrogen-bond donors (Lipinski definition) is 2. The fourth-order valence-electron chi connectivity index (χ4n) is 4.22. The second kappa shape index (κ2) is 11.3. The molecule has 0 bridgehead atoms. The van der Waals surface area contributed by atoms with Crippen molar-refractivity contribution in [3.05, 3.63) is 0 Å². The van der Waals surface area contributed by atoms with E-state index in [1.807, 2.05) is 14.1 Å². The molecule has 1 saturated carbocycles. The van der Waals surface area contributed by atoms with Gasteiger partial charge in [-0.3, -0.25) is 9.79 Å². The van der Waals surface area contributed by atoms with Crippen LogP contribution in [0.15, 0.2) is 4.99 Å². The highest BCUT2D eigenvalue weighted by Crippen LogP contribution is 2.39. The number of piperidine rings is 1. The van der Waals surface area contributed by atoms with Crippen LogP contribution in [0.3, 0.4) is 0 Å². The van der Waals surface area contributed by atoms with E-state index >= 15 is 0 Å². The number of nitrogens with one attached hydrogen (secondary N) is 2. The van der Waals surface area contributed by atoms with Gasteiger partial charge in [0.2, 0.25) is 5.91 Å². The maximum absolute atomic E-state index is 12.7. The van der Waals surface area contributed by atoms with Gasteiger partial charge in [-0.15, -0.1) is 24.0 Å². The molecule has 0 aromatic carbocycles. The van der Waals surface area contributed by atoms with Crippen molar-refractivity contribution in [3.8, 4) is 0 Å². The minimum absolute atomic E-state index is 0. The average molecular weight is 479 g/mol. The molecule has 0 radical (unpaired) electrons. The van der Waals surface area contributed by atoms with Crippen LogP contribution in [-0.4, -0.2) is 75.5 Å². The molecule has 2 N–H and O–H groups in total. The Hall–Kier alpha value is -0.570. The number of carbonyl (C=O) groups excluding carboxylic acids is 1. The highest BCUT2D eigenvalue weighted by molar-refractivity contribution is 14.0. The van der Waals surface area contributed by atoms with Gasteiger partial charge < -0.3 is 20.4 Å². The van der Waals surface area contributed by atoms with E-state index < -0.39 is 0 Å². The van der Waals surface area contributed by atoms with Gasteiger partial charge in [0, 0.05) is 33.7 Å². The predicted molar refractivity (Wildman–Crippen MR) is 119 cm³/mol. The first-order valence-corrected chi connectivity index (χ1v) is 9.89. The molecule has 6 nitrogen and oxygen atoms in total. The summed E-state index contributed by atoms with van der Waals surface area (Å²) in [6.45, 7) is 6.82.